The summed E-state index contributed by atoms with van der Waals surface area (Å²) in [5.41, 5.74) is 6.50. The van der Waals surface area contributed by atoms with E-state index in [2.05, 4.69) is 0 Å². The largest absolute Gasteiger partial charge is 0.458 e. The maximum atomic E-state index is 11.1. The summed E-state index contributed by atoms with van der Waals surface area (Å²) in [6.45, 7) is 1.75. The number of allylic oxidation sites excluding steroid dienone is 1. The van der Waals surface area contributed by atoms with Gasteiger partial charge in [-0.15, -0.1) is 0 Å². The first-order valence-corrected chi connectivity index (χ1v) is 5.29. The maximum Gasteiger partial charge on any atom is 0.332 e. The van der Waals surface area contributed by atoms with Crippen LogP contribution in [0.3, 0.4) is 0 Å². The van der Waals surface area contributed by atoms with Crippen molar-refractivity contribution in [1.82, 2.24) is 0 Å². The molecular formula is C11H11Cl2NO2. The molecule has 2 N–H and O–H groups in total. The van der Waals surface area contributed by atoms with E-state index in [1.165, 1.54) is 6.08 Å². The van der Waals surface area contributed by atoms with Gasteiger partial charge in [0.25, 0.3) is 0 Å². The van der Waals surface area contributed by atoms with Crippen LogP contribution in [0.1, 0.15) is 12.5 Å². The van der Waals surface area contributed by atoms with Crippen LogP contribution in [-0.4, -0.2) is 5.97 Å². The summed E-state index contributed by atoms with van der Waals surface area (Å²) >= 11 is 11.6. The van der Waals surface area contributed by atoms with Gasteiger partial charge in [0.15, 0.2) is 0 Å². The Morgan fingerprint density at radius 1 is 1.44 bits per heavy atom. The van der Waals surface area contributed by atoms with Crippen LogP contribution in [0.25, 0.3) is 0 Å². The molecule has 0 fully saturated rings. The van der Waals surface area contributed by atoms with Crippen LogP contribution in [0, 0.1) is 0 Å². The van der Waals surface area contributed by atoms with Crippen LogP contribution in [0.15, 0.2) is 30.0 Å². The van der Waals surface area contributed by atoms with E-state index >= 15 is 0 Å². The number of nitrogens with two attached hydrogens (primary N) is 1. The third-order valence-corrected chi connectivity index (χ3v) is 2.45. The third-order valence-electron chi connectivity index (χ3n) is 1.71. The molecular weight excluding hydrogens is 249 g/mol. The maximum absolute atomic E-state index is 11.1. The minimum atomic E-state index is -0.480. The molecule has 0 radical (unpaired) electrons. The average Bonchev–Trinajstić information content (AvgIpc) is 2.19. The van der Waals surface area contributed by atoms with Crippen LogP contribution >= 0.6 is 23.2 Å². The number of benzene rings is 1. The smallest absolute Gasteiger partial charge is 0.332 e. The van der Waals surface area contributed by atoms with E-state index in [4.69, 9.17) is 33.7 Å². The topological polar surface area (TPSA) is 52.3 Å². The van der Waals surface area contributed by atoms with Gasteiger partial charge in [-0.2, -0.15) is 0 Å². The third kappa shape index (κ3) is 4.13. The van der Waals surface area contributed by atoms with Crippen LogP contribution in [0.4, 0.5) is 0 Å². The fourth-order valence-corrected chi connectivity index (χ4v) is 1.33. The molecule has 0 aliphatic rings. The zero-order valence-electron chi connectivity index (χ0n) is 8.67. The molecule has 0 aliphatic heterocycles. The zero-order chi connectivity index (χ0) is 12.1. The van der Waals surface area contributed by atoms with Crippen molar-refractivity contribution >= 4 is 29.2 Å². The predicted octanol–water partition coefficient (Wildman–Crippen LogP) is 2.90. The highest BCUT2D eigenvalue weighted by Gasteiger charge is 2.02. The van der Waals surface area contributed by atoms with E-state index in [0.29, 0.717) is 15.7 Å². The normalized spacial score (nSPS) is 11.3. The van der Waals surface area contributed by atoms with Crippen molar-refractivity contribution in [2.24, 2.45) is 5.73 Å². The fourth-order valence-electron chi connectivity index (χ4n) is 1.01. The van der Waals surface area contributed by atoms with E-state index in [9.17, 15) is 4.79 Å². The summed E-state index contributed by atoms with van der Waals surface area (Å²) < 4.78 is 4.94. The van der Waals surface area contributed by atoms with Crippen molar-refractivity contribution in [1.29, 1.82) is 0 Å². The first-order chi connectivity index (χ1) is 7.49. The summed E-state index contributed by atoms with van der Waals surface area (Å²) in [5, 5.41) is 0.898. The van der Waals surface area contributed by atoms with Gasteiger partial charge in [0.2, 0.25) is 0 Å². The molecule has 1 rings (SSSR count). The van der Waals surface area contributed by atoms with Crippen molar-refractivity contribution < 1.29 is 9.53 Å². The highest BCUT2D eigenvalue weighted by molar-refractivity contribution is 6.42. The van der Waals surface area contributed by atoms with Crippen molar-refractivity contribution in [3.05, 3.63) is 45.6 Å². The molecule has 0 unspecified atom stereocenters. The minimum Gasteiger partial charge on any atom is -0.458 e. The molecule has 0 amide bonds. The molecule has 3 nitrogen and oxygen atoms in total. The second-order valence-electron chi connectivity index (χ2n) is 3.24. The van der Waals surface area contributed by atoms with E-state index in [-0.39, 0.29) is 6.61 Å². The first-order valence-electron chi connectivity index (χ1n) is 4.53. The van der Waals surface area contributed by atoms with Gasteiger partial charge >= 0.3 is 5.97 Å². The van der Waals surface area contributed by atoms with E-state index in [1.54, 1.807) is 25.1 Å². The molecule has 1 aromatic rings. The molecule has 0 atom stereocenters. The van der Waals surface area contributed by atoms with Gasteiger partial charge in [0.05, 0.1) is 10.0 Å². The zero-order valence-corrected chi connectivity index (χ0v) is 10.2. The number of carbonyl (C=O) groups is 1. The van der Waals surface area contributed by atoms with Gasteiger partial charge in [0.1, 0.15) is 6.61 Å². The van der Waals surface area contributed by atoms with Crippen molar-refractivity contribution in [2.45, 2.75) is 13.5 Å². The van der Waals surface area contributed by atoms with Crippen LogP contribution in [-0.2, 0) is 16.1 Å². The Labute approximate surface area is 104 Å². The van der Waals surface area contributed by atoms with Gasteiger partial charge in [-0.05, 0) is 24.6 Å². The Balaban J connectivity index is 2.58. The van der Waals surface area contributed by atoms with Crippen molar-refractivity contribution in [2.75, 3.05) is 0 Å². The highest BCUT2D eigenvalue weighted by Crippen LogP contribution is 2.22. The second-order valence-corrected chi connectivity index (χ2v) is 4.06. The Bertz CT molecular complexity index is 426. The first kappa shape index (κ1) is 12.9. The monoisotopic (exact) mass is 259 g/mol. The van der Waals surface area contributed by atoms with Crippen LogP contribution < -0.4 is 5.73 Å². The molecule has 1 aromatic carbocycles. The lowest BCUT2D eigenvalue weighted by atomic mass is 10.2. The number of ether oxygens (including phenoxy) is 1. The average molecular weight is 260 g/mol. The molecule has 0 bridgehead atoms. The van der Waals surface area contributed by atoms with Crippen LogP contribution in [0.2, 0.25) is 10.0 Å². The second kappa shape index (κ2) is 5.77. The Morgan fingerprint density at radius 3 is 2.69 bits per heavy atom. The standard InChI is InChI=1S/C11H11Cl2NO2/c1-7(14)4-11(15)16-6-8-2-3-9(12)10(13)5-8/h2-5H,6,14H2,1H3. The molecule has 16 heavy (non-hydrogen) atoms. The summed E-state index contributed by atoms with van der Waals surface area (Å²) in [6.07, 6.45) is 1.22. The lowest BCUT2D eigenvalue weighted by Crippen LogP contribution is -2.04. The summed E-state index contributed by atoms with van der Waals surface area (Å²) in [4.78, 5) is 11.1. The van der Waals surface area contributed by atoms with Gasteiger partial charge in [0, 0.05) is 11.8 Å². The number of esters is 1. The number of hydrogen-bond acceptors (Lipinski definition) is 3. The van der Waals surface area contributed by atoms with Gasteiger partial charge in [-0.1, -0.05) is 29.3 Å². The summed E-state index contributed by atoms with van der Waals surface area (Å²) in [7, 11) is 0. The Kier molecular flexibility index (Phi) is 4.65. The lowest BCUT2D eigenvalue weighted by molar-refractivity contribution is -0.139. The van der Waals surface area contributed by atoms with Crippen LogP contribution in [0.5, 0.6) is 0 Å². The fraction of sp³-hybridized carbons (Fsp3) is 0.182. The Hall–Kier alpha value is -1.19. The number of rotatable bonds is 3. The molecule has 0 aliphatic carbocycles. The quantitative estimate of drug-likeness (QED) is 0.671. The summed E-state index contributed by atoms with van der Waals surface area (Å²) in [6, 6.07) is 5.04. The summed E-state index contributed by atoms with van der Waals surface area (Å²) in [5.74, 6) is -0.480. The predicted molar refractivity (Wildman–Crippen MR) is 64.2 cm³/mol. The van der Waals surface area contributed by atoms with Gasteiger partial charge < -0.3 is 10.5 Å². The van der Waals surface area contributed by atoms with Gasteiger partial charge in [-0.3, -0.25) is 0 Å². The van der Waals surface area contributed by atoms with E-state index in [1.807, 2.05) is 0 Å². The molecule has 0 spiro atoms. The Morgan fingerprint density at radius 2 is 2.12 bits per heavy atom. The number of hydrogen-bond donors (Lipinski definition) is 1. The van der Waals surface area contributed by atoms with Crippen molar-refractivity contribution in [3.63, 3.8) is 0 Å². The number of halogens is 2. The molecule has 0 heterocycles. The number of carbonyl (C=O) groups excluding carboxylic acids is 1. The SMILES string of the molecule is CC(N)=CC(=O)OCc1ccc(Cl)c(Cl)c1. The van der Waals surface area contributed by atoms with Gasteiger partial charge in [-0.25, -0.2) is 4.79 Å². The lowest BCUT2D eigenvalue weighted by Gasteiger charge is -2.04. The van der Waals surface area contributed by atoms with E-state index in [0.717, 1.165) is 5.56 Å². The molecule has 86 valence electrons. The molecule has 0 aromatic heterocycles. The minimum absolute atomic E-state index is 0.138. The van der Waals surface area contributed by atoms with Crippen molar-refractivity contribution in [3.8, 4) is 0 Å². The molecule has 0 saturated carbocycles. The molecule has 0 saturated heterocycles. The molecule has 5 heteroatoms. The highest BCUT2D eigenvalue weighted by atomic mass is 35.5. The van der Waals surface area contributed by atoms with E-state index < -0.39 is 5.97 Å².